The van der Waals surface area contributed by atoms with Crippen molar-refractivity contribution >= 4 is 40.7 Å². The highest BCUT2D eigenvalue weighted by Gasteiger charge is 2.15. The molecule has 24 heavy (non-hydrogen) atoms. The number of pyridine rings is 1. The number of hydrogen-bond acceptors (Lipinski definition) is 3. The normalized spacial score (nSPS) is 10.3. The quantitative estimate of drug-likeness (QED) is 0.866. The first-order valence-electron chi connectivity index (χ1n) is 7.47. The monoisotopic (exact) mass is 365 g/mol. The van der Waals surface area contributed by atoms with Crippen LogP contribution in [0.4, 0.5) is 5.69 Å². The largest absolute Gasteiger partial charge is 0.339 e. The molecule has 1 N–H and O–H groups in total. The average Bonchev–Trinajstić information content (AvgIpc) is 2.59. The van der Waals surface area contributed by atoms with E-state index in [0.29, 0.717) is 39.9 Å². The van der Waals surface area contributed by atoms with Crippen molar-refractivity contribution in [2.45, 2.75) is 13.8 Å². The van der Waals surface area contributed by atoms with Gasteiger partial charge in [-0.2, -0.15) is 0 Å². The molecule has 5 nitrogen and oxygen atoms in total. The molecular formula is C17H17Cl2N3O2. The van der Waals surface area contributed by atoms with Crippen LogP contribution in [0.15, 0.2) is 36.7 Å². The smallest absolute Gasteiger partial charge is 0.257 e. The highest BCUT2D eigenvalue weighted by atomic mass is 35.5. The predicted molar refractivity (Wildman–Crippen MR) is 95.9 cm³/mol. The summed E-state index contributed by atoms with van der Waals surface area (Å²) >= 11 is 11.8. The van der Waals surface area contributed by atoms with E-state index in [0.717, 1.165) is 0 Å². The summed E-state index contributed by atoms with van der Waals surface area (Å²) in [6, 6.07) is 6.32. The van der Waals surface area contributed by atoms with Gasteiger partial charge in [-0.3, -0.25) is 14.6 Å². The summed E-state index contributed by atoms with van der Waals surface area (Å²) in [5.74, 6) is -0.535. The molecule has 126 valence electrons. The van der Waals surface area contributed by atoms with Crippen LogP contribution in [0.5, 0.6) is 0 Å². The Bertz CT molecular complexity index is 761. The maximum absolute atomic E-state index is 12.3. The first kappa shape index (κ1) is 18.2. The molecule has 0 radical (unpaired) electrons. The van der Waals surface area contributed by atoms with E-state index in [1.807, 2.05) is 13.8 Å². The highest BCUT2D eigenvalue weighted by Crippen LogP contribution is 2.25. The van der Waals surface area contributed by atoms with Crippen molar-refractivity contribution < 1.29 is 9.59 Å². The Morgan fingerprint density at radius 1 is 1.04 bits per heavy atom. The minimum Gasteiger partial charge on any atom is -0.339 e. The van der Waals surface area contributed by atoms with Gasteiger partial charge in [0.25, 0.3) is 11.8 Å². The molecule has 0 saturated heterocycles. The SMILES string of the molecule is CCN(CC)C(=O)c1cncc(C(=O)Nc2ccc(Cl)c(Cl)c2)c1. The van der Waals surface area contributed by atoms with Gasteiger partial charge in [0.15, 0.2) is 0 Å². The van der Waals surface area contributed by atoms with E-state index in [1.165, 1.54) is 18.5 Å². The molecule has 1 aromatic carbocycles. The first-order chi connectivity index (χ1) is 11.5. The molecule has 0 fully saturated rings. The topological polar surface area (TPSA) is 62.3 Å². The van der Waals surface area contributed by atoms with Crippen LogP contribution in [0.1, 0.15) is 34.6 Å². The highest BCUT2D eigenvalue weighted by molar-refractivity contribution is 6.42. The Balaban J connectivity index is 2.19. The number of hydrogen-bond donors (Lipinski definition) is 1. The third-order valence-corrected chi connectivity index (χ3v) is 4.21. The van der Waals surface area contributed by atoms with Gasteiger partial charge in [-0.1, -0.05) is 23.2 Å². The minimum atomic E-state index is -0.380. The summed E-state index contributed by atoms with van der Waals surface area (Å²) in [7, 11) is 0. The maximum Gasteiger partial charge on any atom is 0.257 e. The summed E-state index contributed by atoms with van der Waals surface area (Å²) in [6.07, 6.45) is 2.86. The summed E-state index contributed by atoms with van der Waals surface area (Å²) in [4.78, 5) is 30.3. The average molecular weight is 366 g/mol. The van der Waals surface area contributed by atoms with Gasteiger partial charge in [0.1, 0.15) is 0 Å². The maximum atomic E-state index is 12.3. The molecule has 0 atom stereocenters. The fraction of sp³-hybridized carbons (Fsp3) is 0.235. The zero-order valence-corrected chi connectivity index (χ0v) is 14.9. The van der Waals surface area contributed by atoms with Gasteiger partial charge in [-0.05, 0) is 38.1 Å². The van der Waals surface area contributed by atoms with Crippen LogP contribution in [-0.2, 0) is 0 Å². The molecule has 0 aliphatic carbocycles. The summed E-state index contributed by atoms with van der Waals surface area (Å²) in [5, 5.41) is 3.45. The van der Waals surface area contributed by atoms with E-state index >= 15 is 0 Å². The molecule has 0 unspecified atom stereocenters. The van der Waals surface area contributed by atoms with Crippen LogP contribution < -0.4 is 5.32 Å². The van der Waals surface area contributed by atoms with Crippen LogP contribution in [0.3, 0.4) is 0 Å². The van der Waals surface area contributed by atoms with Gasteiger partial charge in [0.05, 0.1) is 21.2 Å². The van der Waals surface area contributed by atoms with Crippen molar-refractivity contribution in [1.82, 2.24) is 9.88 Å². The molecule has 1 heterocycles. The van der Waals surface area contributed by atoms with Crippen molar-refractivity contribution in [2.24, 2.45) is 0 Å². The van der Waals surface area contributed by atoms with Crippen LogP contribution in [0, 0.1) is 0 Å². The Morgan fingerprint density at radius 3 is 2.33 bits per heavy atom. The van der Waals surface area contributed by atoms with Gasteiger partial charge in [0.2, 0.25) is 0 Å². The van der Waals surface area contributed by atoms with Gasteiger partial charge in [-0.15, -0.1) is 0 Å². The van der Waals surface area contributed by atoms with Crippen LogP contribution in [-0.4, -0.2) is 34.8 Å². The number of carbonyl (C=O) groups excluding carboxylic acids is 2. The van der Waals surface area contributed by atoms with Crippen molar-refractivity contribution in [3.05, 3.63) is 57.8 Å². The van der Waals surface area contributed by atoms with Gasteiger partial charge in [-0.25, -0.2) is 0 Å². The molecule has 1 aromatic heterocycles. The van der Waals surface area contributed by atoms with E-state index in [4.69, 9.17) is 23.2 Å². The lowest BCUT2D eigenvalue weighted by atomic mass is 10.1. The number of amides is 2. The fourth-order valence-corrected chi connectivity index (χ4v) is 2.45. The minimum absolute atomic E-state index is 0.156. The first-order valence-corrected chi connectivity index (χ1v) is 8.22. The Morgan fingerprint density at radius 2 is 1.71 bits per heavy atom. The summed E-state index contributed by atoms with van der Waals surface area (Å²) < 4.78 is 0. The Kier molecular flexibility index (Phi) is 6.17. The number of nitrogens with one attached hydrogen (secondary N) is 1. The number of aromatic nitrogens is 1. The fourth-order valence-electron chi connectivity index (χ4n) is 2.15. The molecule has 2 aromatic rings. The Hall–Kier alpha value is -2.11. The molecule has 0 bridgehead atoms. The lowest BCUT2D eigenvalue weighted by Crippen LogP contribution is -2.30. The second-order valence-electron chi connectivity index (χ2n) is 5.02. The number of halogens is 2. The van der Waals surface area contributed by atoms with Gasteiger partial charge < -0.3 is 10.2 Å². The van der Waals surface area contributed by atoms with E-state index in [2.05, 4.69) is 10.3 Å². The van der Waals surface area contributed by atoms with Gasteiger partial charge in [0, 0.05) is 31.2 Å². The summed E-state index contributed by atoms with van der Waals surface area (Å²) in [5.41, 5.74) is 1.18. The number of nitrogens with zero attached hydrogens (tertiary/aromatic N) is 2. The van der Waals surface area contributed by atoms with E-state index in [1.54, 1.807) is 23.1 Å². The van der Waals surface area contributed by atoms with Crippen LogP contribution in [0.25, 0.3) is 0 Å². The van der Waals surface area contributed by atoms with Crippen molar-refractivity contribution in [3.63, 3.8) is 0 Å². The second kappa shape index (κ2) is 8.13. The third kappa shape index (κ3) is 4.24. The molecule has 0 aliphatic rings. The molecule has 2 rings (SSSR count). The van der Waals surface area contributed by atoms with E-state index < -0.39 is 0 Å². The molecule has 2 amide bonds. The molecular weight excluding hydrogens is 349 g/mol. The van der Waals surface area contributed by atoms with E-state index in [9.17, 15) is 9.59 Å². The van der Waals surface area contributed by atoms with Gasteiger partial charge >= 0.3 is 0 Å². The lowest BCUT2D eigenvalue weighted by molar-refractivity contribution is 0.0772. The predicted octanol–water partition coefficient (Wildman–Crippen LogP) is 4.12. The molecule has 0 spiro atoms. The number of anilines is 1. The standard InChI is InChI=1S/C17H17Cl2N3O2/c1-3-22(4-2)17(24)12-7-11(9-20-10-12)16(23)21-13-5-6-14(18)15(19)8-13/h5-10H,3-4H2,1-2H3,(H,21,23). The number of carbonyl (C=O) groups is 2. The zero-order valence-electron chi connectivity index (χ0n) is 13.3. The number of benzene rings is 1. The van der Waals surface area contributed by atoms with Crippen molar-refractivity contribution in [3.8, 4) is 0 Å². The molecule has 7 heteroatoms. The number of rotatable bonds is 5. The van der Waals surface area contributed by atoms with Crippen molar-refractivity contribution in [2.75, 3.05) is 18.4 Å². The third-order valence-electron chi connectivity index (χ3n) is 3.48. The molecule has 0 saturated carbocycles. The summed E-state index contributed by atoms with van der Waals surface area (Å²) in [6.45, 7) is 4.98. The van der Waals surface area contributed by atoms with Crippen LogP contribution >= 0.6 is 23.2 Å². The van der Waals surface area contributed by atoms with Crippen molar-refractivity contribution in [1.29, 1.82) is 0 Å². The Labute approximate surface area is 150 Å². The zero-order chi connectivity index (χ0) is 17.7. The molecule has 0 aliphatic heterocycles. The van der Waals surface area contributed by atoms with E-state index in [-0.39, 0.29) is 11.8 Å². The second-order valence-corrected chi connectivity index (χ2v) is 5.84. The van der Waals surface area contributed by atoms with Crippen LogP contribution in [0.2, 0.25) is 10.0 Å². The lowest BCUT2D eigenvalue weighted by Gasteiger charge is -2.18.